The molecule has 68 valence electrons. The molecule has 0 saturated carbocycles. The predicted molar refractivity (Wildman–Crippen MR) is 52.4 cm³/mol. The average Bonchev–Trinajstić information content (AvgIpc) is 2.68. The largest absolute Gasteiger partial charge is 0.241 e. The van der Waals surface area contributed by atoms with Gasteiger partial charge in [-0.2, -0.15) is 5.10 Å². The van der Waals surface area contributed by atoms with Crippen LogP contribution in [0.5, 0.6) is 0 Å². The SMILES string of the molecule is [N-]=[N+]=Nc1cnn(-c2ccccc2)c1. The molecule has 0 aliphatic heterocycles. The standard InChI is InChI=1S/C9H7N5/c10-13-12-8-6-11-14(7-8)9-4-2-1-3-5-9/h1-7H. The Balaban J connectivity index is 2.39. The van der Waals surface area contributed by atoms with Crippen LogP contribution in [0.4, 0.5) is 5.69 Å². The molecule has 1 heterocycles. The Morgan fingerprint density at radius 3 is 2.79 bits per heavy atom. The number of azide groups is 1. The first-order chi connectivity index (χ1) is 6.90. The van der Waals surface area contributed by atoms with E-state index in [1.807, 2.05) is 30.3 Å². The van der Waals surface area contributed by atoms with E-state index in [0.29, 0.717) is 5.69 Å². The molecule has 0 radical (unpaired) electrons. The van der Waals surface area contributed by atoms with Gasteiger partial charge in [0.1, 0.15) is 0 Å². The van der Waals surface area contributed by atoms with E-state index >= 15 is 0 Å². The number of nitrogens with zero attached hydrogens (tertiary/aromatic N) is 5. The third-order valence-electron chi connectivity index (χ3n) is 1.75. The van der Waals surface area contributed by atoms with Gasteiger partial charge in [-0.3, -0.25) is 0 Å². The Labute approximate surface area is 80.2 Å². The van der Waals surface area contributed by atoms with Gasteiger partial charge in [0, 0.05) is 11.1 Å². The number of aromatic nitrogens is 2. The van der Waals surface area contributed by atoms with E-state index in [1.165, 1.54) is 6.20 Å². The van der Waals surface area contributed by atoms with Gasteiger partial charge in [0.25, 0.3) is 0 Å². The molecule has 0 fully saturated rings. The van der Waals surface area contributed by atoms with Crippen LogP contribution in [0.3, 0.4) is 0 Å². The fourth-order valence-corrected chi connectivity index (χ4v) is 1.14. The molecule has 0 N–H and O–H groups in total. The fraction of sp³-hybridized carbons (Fsp3) is 0. The number of hydrogen-bond donors (Lipinski definition) is 0. The Hall–Kier alpha value is -2.26. The third kappa shape index (κ3) is 1.57. The van der Waals surface area contributed by atoms with E-state index in [4.69, 9.17) is 5.53 Å². The summed E-state index contributed by atoms with van der Waals surface area (Å²) in [5.74, 6) is 0. The molecule has 0 spiro atoms. The summed E-state index contributed by atoms with van der Waals surface area (Å²) in [7, 11) is 0. The van der Waals surface area contributed by atoms with Gasteiger partial charge in [-0.05, 0) is 17.7 Å². The highest BCUT2D eigenvalue weighted by molar-refractivity contribution is 5.37. The lowest BCUT2D eigenvalue weighted by molar-refractivity contribution is 0.880. The van der Waals surface area contributed by atoms with Gasteiger partial charge in [-0.1, -0.05) is 23.3 Å². The predicted octanol–water partition coefficient (Wildman–Crippen LogP) is 2.81. The molecule has 2 rings (SSSR count). The minimum atomic E-state index is 0.511. The molecule has 0 bridgehead atoms. The van der Waals surface area contributed by atoms with Crippen molar-refractivity contribution in [2.45, 2.75) is 0 Å². The minimum absolute atomic E-state index is 0.511. The fourth-order valence-electron chi connectivity index (χ4n) is 1.14. The maximum absolute atomic E-state index is 8.22. The van der Waals surface area contributed by atoms with Crippen molar-refractivity contribution < 1.29 is 0 Å². The van der Waals surface area contributed by atoms with Crippen LogP contribution in [0.1, 0.15) is 0 Å². The van der Waals surface area contributed by atoms with Crippen LogP contribution < -0.4 is 0 Å². The second-order valence-electron chi connectivity index (χ2n) is 2.67. The number of rotatable bonds is 2. The molecule has 0 atom stereocenters. The van der Waals surface area contributed by atoms with Crippen molar-refractivity contribution >= 4 is 5.69 Å². The molecule has 1 aromatic carbocycles. The molecule has 5 nitrogen and oxygen atoms in total. The van der Waals surface area contributed by atoms with Crippen molar-refractivity contribution in [3.05, 3.63) is 53.2 Å². The number of para-hydroxylation sites is 1. The van der Waals surface area contributed by atoms with Crippen molar-refractivity contribution in [1.82, 2.24) is 9.78 Å². The molecule has 0 aliphatic carbocycles. The summed E-state index contributed by atoms with van der Waals surface area (Å²) in [6.07, 6.45) is 3.20. The molecule has 1 aromatic heterocycles. The number of hydrogen-bond acceptors (Lipinski definition) is 2. The van der Waals surface area contributed by atoms with Gasteiger partial charge in [0.05, 0.1) is 17.6 Å². The maximum Gasteiger partial charge on any atom is 0.0759 e. The third-order valence-corrected chi connectivity index (χ3v) is 1.75. The van der Waals surface area contributed by atoms with Gasteiger partial charge in [0.15, 0.2) is 0 Å². The average molecular weight is 185 g/mol. The summed E-state index contributed by atoms with van der Waals surface area (Å²) in [4.78, 5) is 2.68. The Kier molecular flexibility index (Phi) is 2.17. The van der Waals surface area contributed by atoms with Gasteiger partial charge < -0.3 is 0 Å². The van der Waals surface area contributed by atoms with Crippen molar-refractivity contribution in [2.24, 2.45) is 5.11 Å². The van der Waals surface area contributed by atoms with E-state index in [1.54, 1.807) is 10.9 Å². The van der Waals surface area contributed by atoms with Crippen LogP contribution in [-0.2, 0) is 0 Å². The first-order valence-corrected chi connectivity index (χ1v) is 4.05. The summed E-state index contributed by atoms with van der Waals surface area (Å²) < 4.78 is 1.66. The summed E-state index contributed by atoms with van der Waals surface area (Å²) in [5, 5.41) is 7.51. The molecular formula is C9H7N5. The molecule has 14 heavy (non-hydrogen) atoms. The maximum atomic E-state index is 8.22. The highest BCUT2D eigenvalue weighted by atomic mass is 15.3. The summed E-state index contributed by atoms with van der Waals surface area (Å²) in [6.45, 7) is 0. The summed E-state index contributed by atoms with van der Waals surface area (Å²) in [5.41, 5.74) is 9.67. The monoisotopic (exact) mass is 185 g/mol. The summed E-state index contributed by atoms with van der Waals surface area (Å²) >= 11 is 0. The highest BCUT2D eigenvalue weighted by Crippen LogP contribution is 2.13. The Morgan fingerprint density at radius 1 is 1.29 bits per heavy atom. The van der Waals surface area contributed by atoms with Crippen molar-refractivity contribution in [2.75, 3.05) is 0 Å². The van der Waals surface area contributed by atoms with E-state index in [9.17, 15) is 0 Å². The number of benzene rings is 1. The van der Waals surface area contributed by atoms with E-state index in [-0.39, 0.29) is 0 Å². The van der Waals surface area contributed by atoms with Gasteiger partial charge in [-0.15, -0.1) is 0 Å². The molecular weight excluding hydrogens is 178 g/mol. The quantitative estimate of drug-likeness (QED) is 0.403. The van der Waals surface area contributed by atoms with Crippen molar-refractivity contribution in [3.8, 4) is 5.69 Å². The van der Waals surface area contributed by atoms with Crippen LogP contribution in [0.2, 0.25) is 0 Å². The second-order valence-corrected chi connectivity index (χ2v) is 2.67. The Morgan fingerprint density at radius 2 is 2.07 bits per heavy atom. The second kappa shape index (κ2) is 3.64. The lowest BCUT2D eigenvalue weighted by Gasteiger charge is -1.98. The normalized spacial score (nSPS) is 9.43. The molecule has 0 amide bonds. The van der Waals surface area contributed by atoms with Gasteiger partial charge >= 0.3 is 0 Å². The lowest BCUT2D eigenvalue weighted by atomic mass is 10.3. The smallest absolute Gasteiger partial charge is 0.0759 e. The minimum Gasteiger partial charge on any atom is -0.241 e. The van der Waals surface area contributed by atoms with Crippen LogP contribution in [0.15, 0.2) is 47.8 Å². The van der Waals surface area contributed by atoms with Gasteiger partial charge in [0.2, 0.25) is 0 Å². The molecule has 2 aromatic rings. The van der Waals surface area contributed by atoms with Crippen LogP contribution >= 0.6 is 0 Å². The molecule has 0 unspecified atom stereocenters. The van der Waals surface area contributed by atoms with Crippen LogP contribution in [0.25, 0.3) is 16.1 Å². The first kappa shape index (κ1) is 8.34. The van der Waals surface area contributed by atoms with Crippen molar-refractivity contribution in [1.29, 1.82) is 0 Å². The van der Waals surface area contributed by atoms with E-state index < -0.39 is 0 Å². The molecule has 0 aliphatic rings. The zero-order chi connectivity index (χ0) is 9.80. The molecule has 5 heteroatoms. The van der Waals surface area contributed by atoms with E-state index in [2.05, 4.69) is 15.1 Å². The first-order valence-electron chi connectivity index (χ1n) is 4.05. The zero-order valence-corrected chi connectivity index (χ0v) is 7.28. The topological polar surface area (TPSA) is 66.6 Å². The molecule has 0 saturated heterocycles. The zero-order valence-electron chi connectivity index (χ0n) is 7.28. The lowest BCUT2D eigenvalue weighted by Crippen LogP contribution is -1.92. The highest BCUT2D eigenvalue weighted by Gasteiger charge is 1.97. The van der Waals surface area contributed by atoms with Gasteiger partial charge in [-0.25, -0.2) is 4.68 Å². The van der Waals surface area contributed by atoms with Crippen LogP contribution in [0, 0.1) is 0 Å². The van der Waals surface area contributed by atoms with E-state index in [0.717, 1.165) is 5.69 Å². The summed E-state index contributed by atoms with van der Waals surface area (Å²) in [6, 6.07) is 9.62. The van der Waals surface area contributed by atoms with Crippen LogP contribution in [-0.4, -0.2) is 9.78 Å². The van der Waals surface area contributed by atoms with Crippen molar-refractivity contribution in [3.63, 3.8) is 0 Å². The Bertz CT molecular complexity index is 467.